The van der Waals surface area contributed by atoms with Gasteiger partial charge in [0, 0.05) is 30.1 Å². The van der Waals surface area contributed by atoms with Gasteiger partial charge in [0.1, 0.15) is 11.6 Å². The molecule has 30 heavy (non-hydrogen) atoms. The zero-order valence-electron chi connectivity index (χ0n) is 16.5. The van der Waals surface area contributed by atoms with Crippen LogP contribution < -0.4 is 5.32 Å². The van der Waals surface area contributed by atoms with Crippen LogP contribution in [0.15, 0.2) is 54.9 Å². The van der Waals surface area contributed by atoms with Crippen LogP contribution in [-0.2, 0) is 18.3 Å². The van der Waals surface area contributed by atoms with Crippen LogP contribution in [0, 0.1) is 0 Å². The number of rotatable bonds is 5. The predicted octanol–water partition coefficient (Wildman–Crippen LogP) is 3.78. The Balaban J connectivity index is 1.60. The number of aromatic amines is 1. The predicted molar refractivity (Wildman–Crippen MR) is 116 cm³/mol. The Kier molecular flexibility index (Phi) is 4.24. The molecule has 8 heteroatoms. The molecule has 2 N–H and O–H groups in total. The van der Waals surface area contributed by atoms with Crippen molar-refractivity contribution in [1.29, 1.82) is 0 Å². The first-order chi connectivity index (χ1) is 14.6. The molecule has 0 aliphatic carbocycles. The van der Waals surface area contributed by atoms with Crippen molar-refractivity contribution in [2.24, 2.45) is 7.05 Å². The molecule has 0 aliphatic rings. The van der Waals surface area contributed by atoms with Crippen LogP contribution in [0.1, 0.15) is 12.5 Å². The molecule has 5 rings (SSSR count). The molecule has 0 saturated carbocycles. The molecule has 3 heterocycles. The van der Waals surface area contributed by atoms with Gasteiger partial charge in [-0.1, -0.05) is 24.3 Å². The van der Waals surface area contributed by atoms with Gasteiger partial charge in [0.05, 0.1) is 23.3 Å². The highest BCUT2D eigenvalue weighted by Gasteiger charge is 2.15. The molecule has 0 amide bonds. The lowest BCUT2D eigenvalue weighted by atomic mass is 10.1. The van der Waals surface area contributed by atoms with Crippen molar-refractivity contribution in [3.05, 3.63) is 60.4 Å². The zero-order valence-corrected chi connectivity index (χ0v) is 16.5. The summed E-state index contributed by atoms with van der Waals surface area (Å²) in [6.45, 7) is 1.59. The third-order valence-electron chi connectivity index (χ3n) is 4.99. The summed E-state index contributed by atoms with van der Waals surface area (Å²) in [7, 11) is 1.86. The molecule has 5 aromatic rings. The summed E-state index contributed by atoms with van der Waals surface area (Å²) in [5.74, 6) is 1.40. The van der Waals surface area contributed by atoms with E-state index in [4.69, 9.17) is 9.97 Å². The average molecular weight is 397 g/mol. The van der Waals surface area contributed by atoms with Crippen LogP contribution in [-0.4, -0.2) is 35.7 Å². The molecule has 148 valence electrons. The minimum atomic E-state index is 0.140. The third-order valence-corrected chi connectivity index (χ3v) is 4.99. The van der Waals surface area contributed by atoms with E-state index < -0.39 is 0 Å². The van der Waals surface area contributed by atoms with Gasteiger partial charge in [0.15, 0.2) is 11.5 Å². The third kappa shape index (κ3) is 3.18. The van der Waals surface area contributed by atoms with Crippen molar-refractivity contribution < 1.29 is 4.79 Å². The Hall–Kier alpha value is -4.07. The molecule has 0 fully saturated rings. The number of ketones is 1. The van der Waals surface area contributed by atoms with E-state index in [0.29, 0.717) is 18.1 Å². The maximum atomic E-state index is 11.3. The number of hydrogen-bond donors (Lipinski definition) is 2. The van der Waals surface area contributed by atoms with Crippen LogP contribution in [0.3, 0.4) is 0 Å². The molecule has 8 nitrogen and oxygen atoms in total. The number of nitrogens with zero attached hydrogens (tertiary/aromatic N) is 5. The van der Waals surface area contributed by atoms with Crippen molar-refractivity contribution in [3.63, 3.8) is 0 Å². The first kappa shape index (κ1) is 18.0. The van der Waals surface area contributed by atoms with Gasteiger partial charge in [-0.3, -0.25) is 14.6 Å². The SMILES string of the molecule is CC(=O)Cc1ccc(Nc2nc(-c3cccc4[nH]ncc34)nc3c2cnn3C)cc1. The minimum absolute atomic E-state index is 0.140. The Morgan fingerprint density at radius 2 is 1.90 bits per heavy atom. The van der Waals surface area contributed by atoms with Gasteiger partial charge in [-0.25, -0.2) is 9.97 Å². The van der Waals surface area contributed by atoms with Crippen molar-refractivity contribution in [1.82, 2.24) is 29.9 Å². The summed E-state index contributed by atoms with van der Waals surface area (Å²) in [4.78, 5) is 20.9. The van der Waals surface area contributed by atoms with Gasteiger partial charge >= 0.3 is 0 Å². The molecule has 2 aromatic carbocycles. The maximum Gasteiger partial charge on any atom is 0.164 e. The van der Waals surface area contributed by atoms with E-state index in [1.165, 1.54) is 0 Å². The average Bonchev–Trinajstić information content (AvgIpc) is 3.36. The van der Waals surface area contributed by atoms with Gasteiger partial charge in [-0.15, -0.1) is 0 Å². The Labute approximate surface area is 172 Å². The summed E-state index contributed by atoms with van der Waals surface area (Å²) in [5.41, 5.74) is 4.41. The summed E-state index contributed by atoms with van der Waals surface area (Å²) >= 11 is 0. The van der Waals surface area contributed by atoms with E-state index in [0.717, 1.165) is 38.8 Å². The fourth-order valence-electron chi connectivity index (χ4n) is 3.53. The van der Waals surface area contributed by atoms with Gasteiger partial charge in [-0.05, 0) is 30.7 Å². The first-order valence-corrected chi connectivity index (χ1v) is 9.56. The summed E-state index contributed by atoms with van der Waals surface area (Å²) in [6.07, 6.45) is 3.96. The number of aromatic nitrogens is 6. The van der Waals surface area contributed by atoms with Crippen molar-refractivity contribution in [3.8, 4) is 11.4 Å². The lowest BCUT2D eigenvalue weighted by molar-refractivity contribution is -0.116. The van der Waals surface area contributed by atoms with Gasteiger partial charge in [0.25, 0.3) is 0 Å². The van der Waals surface area contributed by atoms with Crippen LogP contribution in [0.25, 0.3) is 33.3 Å². The zero-order chi connectivity index (χ0) is 20.7. The number of anilines is 2. The first-order valence-electron chi connectivity index (χ1n) is 9.56. The number of benzene rings is 2. The van der Waals surface area contributed by atoms with E-state index in [1.807, 2.05) is 49.5 Å². The molecule has 0 aliphatic heterocycles. The second-order valence-corrected chi connectivity index (χ2v) is 7.24. The highest BCUT2D eigenvalue weighted by atomic mass is 16.1. The van der Waals surface area contributed by atoms with Crippen molar-refractivity contribution in [2.75, 3.05) is 5.32 Å². The van der Waals surface area contributed by atoms with Gasteiger partial charge < -0.3 is 5.32 Å². The highest BCUT2D eigenvalue weighted by Crippen LogP contribution is 2.30. The fraction of sp³-hybridized carbons (Fsp3) is 0.136. The topological polar surface area (TPSA) is 101 Å². The number of carbonyl (C=O) groups excluding carboxylic acids is 1. The molecule has 0 spiro atoms. The number of fused-ring (bicyclic) bond motifs is 2. The maximum absolute atomic E-state index is 11.3. The molecule has 0 unspecified atom stereocenters. The van der Waals surface area contributed by atoms with Crippen LogP contribution in [0.2, 0.25) is 0 Å². The number of H-pyrrole nitrogens is 1. The van der Waals surface area contributed by atoms with Crippen LogP contribution in [0.5, 0.6) is 0 Å². The minimum Gasteiger partial charge on any atom is -0.339 e. The monoisotopic (exact) mass is 397 g/mol. The number of hydrogen-bond acceptors (Lipinski definition) is 6. The number of Topliss-reactive ketones (excluding diaryl/α,β-unsaturated/α-hetero) is 1. The Morgan fingerprint density at radius 1 is 1.07 bits per heavy atom. The second-order valence-electron chi connectivity index (χ2n) is 7.24. The summed E-state index contributed by atoms with van der Waals surface area (Å²) in [6, 6.07) is 13.7. The molecule has 3 aromatic heterocycles. The van der Waals surface area contributed by atoms with E-state index in [9.17, 15) is 4.79 Å². The standard InChI is InChI=1S/C22H19N7O/c1-13(30)10-14-6-8-15(9-7-14)25-21-18-12-24-29(2)22(18)27-20(26-21)16-4-3-5-19-17(16)11-23-28-19/h3-9,11-12H,10H2,1-2H3,(H,23,28)(H,25,26,27). The summed E-state index contributed by atoms with van der Waals surface area (Å²) < 4.78 is 1.73. The fourth-order valence-corrected chi connectivity index (χ4v) is 3.53. The second kappa shape index (κ2) is 7.07. The smallest absolute Gasteiger partial charge is 0.164 e. The highest BCUT2D eigenvalue weighted by molar-refractivity contribution is 5.95. The summed E-state index contributed by atoms with van der Waals surface area (Å²) in [5, 5.41) is 16.6. The molecular weight excluding hydrogens is 378 g/mol. The normalized spacial score (nSPS) is 11.3. The van der Waals surface area contributed by atoms with Crippen LogP contribution in [0.4, 0.5) is 11.5 Å². The molecular formula is C22H19N7O. The van der Waals surface area contributed by atoms with E-state index in [2.05, 4.69) is 20.6 Å². The number of aryl methyl sites for hydroxylation is 1. The quantitative estimate of drug-likeness (QED) is 0.468. The molecule has 0 atom stereocenters. The van der Waals surface area contributed by atoms with Crippen molar-refractivity contribution >= 4 is 39.2 Å². The molecule has 0 saturated heterocycles. The van der Waals surface area contributed by atoms with Gasteiger partial charge in [-0.2, -0.15) is 10.2 Å². The Bertz CT molecular complexity index is 1380. The lowest BCUT2D eigenvalue weighted by Gasteiger charge is -2.10. The Morgan fingerprint density at radius 3 is 2.70 bits per heavy atom. The van der Waals surface area contributed by atoms with E-state index in [1.54, 1.807) is 24.0 Å². The molecule has 0 bridgehead atoms. The number of carbonyl (C=O) groups is 1. The molecule has 0 radical (unpaired) electrons. The lowest BCUT2D eigenvalue weighted by Crippen LogP contribution is -2.01. The van der Waals surface area contributed by atoms with Crippen molar-refractivity contribution in [2.45, 2.75) is 13.3 Å². The number of nitrogens with one attached hydrogen (secondary N) is 2. The van der Waals surface area contributed by atoms with Gasteiger partial charge in [0.2, 0.25) is 0 Å². The van der Waals surface area contributed by atoms with E-state index >= 15 is 0 Å². The van der Waals surface area contributed by atoms with Crippen LogP contribution >= 0.6 is 0 Å². The van der Waals surface area contributed by atoms with E-state index in [-0.39, 0.29) is 5.78 Å². The largest absolute Gasteiger partial charge is 0.339 e.